The van der Waals surface area contributed by atoms with E-state index in [9.17, 15) is 0 Å². The molecular formula is C16H25NO. The molecule has 0 radical (unpaired) electrons. The fraction of sp³-hybridized carbons (Fsp3) is 0.625. The summed E-state index contributed by atoms with van der Waals surface area (Å²) in [6.07, 6.45) is 2.56. The Bertz CT molecular complexity index is 358. The van der Waals surface area contributed by atoms with Crippen LogP contribution in [0.1, 0.15) is 39.2 Å². The molecule has 0 unspecified atom stereocenters. The molecule has 0 saturated carbocycles. The first kappa shape index (κ1) is 13.4. The highest BCUT2D eigenvalue weighted by molar-refractivity contribution is 5.31. The highest BCUT2D eigenvalue weighted by Gasteiger charge is 2.15. The van der Waals surface area contributed by atoms with E-state index >= 15 is 0 Å². The predicted octanol–water partition coefficient (Wildman–Crippen LogP) is 3.36. The highest BCUT2D eigenvalue weighted by atomic mass is 16.5. The zero-order chi connectivity index (χ0) is 13.0. The molecule has 1 aromatic carbocycles. The molecule has 2 heteroatoms. The molecule has 1 heterocycles. The van der Waals surface area contributed by atoms with Crippen molar-refractivity contribution in [1.82, 2.24) is 5.32 Å². The molecule has 2 nitrogen and oxygen atoms in total. The Hall–Kier alpha value is -1.02. The minimum atomic E-state index is 0.214. The van der Waals surface area contributed by atoms with E-state index in [4.69, 9.17) is 4.74 Å². The summed E-state index contributed by atoms with van der Waals surface area (Å²) in [5.41, 5.74) is 1.57. The normalized spacial score (nSPS) is 20.7. The summed E-state index contributed by atoms with van der Waals surface area (Å²) in [5.74, 6) is 1.66. The second-order valence-corrected chi connectivity index (χ2v) is 6.30. The van der Waals surface area contributed by atoms with Crippen molar-refractivity contribution in [2.24, 2.45) is 5.92 Å². The molecule has 1 N–H and O–H groups in total. The van der Waals surface area contributed by atoms with Crippen LogP contribution in [0.5, 0.6) is 5.75 Å². The van der Waals surface area contributed by atoms with E-state index in [2.05, 4.69) is 50.4 Å². The van der Waals surface area contributed by atoms with Crippen LogP contribution in [0.3, 0.4) is 0 Å². The van der Waals surface area contributed by atoms with Gasteiger partial charge in [0.25, 0.3) is 0 Å². The number of nitrogens with one attached hydrogen (secondary N) is 1. The largest absolute Gasteiger partial charge is 0.493 e. The van der Waals surface area contributed by atoms with Crippen molar-refractivity contribution >= 4 is 0 Å². The second-order valence-electron chi connectivity index (χ2n) is 6.30. The van der Waals surface area contributed by atoms with Gasteiger partial charge in [0.2, 0.25) is 0 Å². The fourth-order valence-corrected chi connectivity index (χ4v) is 2.33. The molecule has 18 heavy (non-hydrogen) atoms. The van der Waals surface area contributed by atoms with E-state index in [0.717, 1.165) is 25.4 Å². The van der Waals surface area contributed by atoms with Crippen molar-refractivity contribution in [2.75, 3.05) is 19.7 Å². The van der Waals surface area contributed by atoms with Crippen LogP contribution in [0, 0.1) is 5.92 Å². The lowest BCUT2D eigenvalue weighted by Gasteiger charge is -2.23. The van der Waals surface area contributed by atoms with Crippen LogP contribution in [-0.2, 0) is 5.41 Å². The Balaban J connectivity index is 1.86. The minimum absolute atomic E-state index is 0.214. The molecular weight excluding hydrogens is 222 g/mol. The standard InChI is InChI=1S/C16H25NO/c1-16(2,3)14-6-8-15(9-7-14)18-12-13-5-4-10-17-11-13/h6-9,13,17H,4-5,10-12H2,1-3H3/t13-/m0/s1. The molecule has 1 aliphatic heterocycles. The van der Waals surface area contributed by atoms with E-state index in [1.54, 1.807) is 0 Å². The van der Waals surface area contributed by atoms with Crippen molar-refractivity contribution in [3.63, 3.8) is 0 Å². The molecule has 0 bridgehead atoms. The van der Waals surface area contributed by atoms with Gasteiger partial charge in [-0.1, -0.05) is 32.9 Å². The molecule has 0 amide bonds. The van der Waals surface area contributed by atoms with Crippen molar-refractivity contribution in [3.05, 3.63) is 29.8 Å². The molecule has 1 atom stereocenters. The number of ether oxygens (including phenoxy) is 1. The predicted molar refractivity (Wildman–Crippen MR) is 76.2 cm³/mol. The summed E-state index contributed by atoms with van der Waals surface area (Å²) in [7, 11) is 0. The second kappa shape index (κ2) is 5.75. The van der Waals surface area contributed by atoms with Crippen molar-refractivity contribution in [2.45, 2.75) is 39.0 Å². The Morgan fingerprint density at radius 1 is 1.22 bits per heavy atom. The lowest BCUT2D eigenvalue weighted by Crippen LogP contribution is -2.33. The van der Waals surface area contributed by atoms with Gasteiger partial charge in [0.05, 0.1) is 6.61 Å². The third-order valence-electron chi connectivity index (χ3n) is 3.60. The fourth-order valence-electron chi connectivity index (χ4n) is 2.33. The van der Waals surface area contributed by atoms with Gasteiger partial charge in [0, 0.05) is 12.5 Å². The SMILES string of the molecule is CC(C)(C)c1ccc(OC[C@H]2CCCNC2)cc1. The summed E-state index contributed by atoms with van der Waals surface area (Å²) >= 11 is 0. The maximum Gasteiger partial charge on any atom is 0.119 e. The van der Waals surface area contributed by atoms with Gasteiger partial charge in [-0.2, -0.15) is 0 Å². The molecule has 0 aliphatic carbocycles. The van der Waals surface area contributed by atoms with E-state index in [-0.39, 0.29) is 5.41 Å². The van der Waals surface area contributed by atoms with Crippen LogP contribution >= 0.6 is 0 Å². The molecule has 1 fully saturated rings. The molecule has 0 aromatic heterocycles. The smallest absolute Gasteiger partial charge is 0.119 e. The zero-order valence-corrected chi connectivity index (χ0v) is 11.8. The van der Waals surface area contributed by atoms with Gasteiger partial charge < -0.3 is 10.1 Å². The lowest BCUT2D eigenvalue weighted by atomic mass is 9.87. The van der Waals surface area contributed by atoms with Crippen LogP contribution in [0.25, 0.3) is 0 Å². The summed E-state index contributed by atoms with van der Waals surface area (Å²) in [4.78, 5) is 0. The molecule has 1 saturated heterocycles. The topological polar surface area (TPSA) is 21.3 Å². The first-order chi connectivity index (χ1) is 8.55. The Morgan fingerprint density at radius 2 is 1.94 bits per heavy atom. The van der Waals surface area contributed by atoms with E-state index in [0.29, 0.717) is 5.92 Å². The molecule has 0 spiro atoms. The quantitative estimate of drug-likeness (QED) is 0.884. The van der Waals surface area contributed by atoms with Crippen LogP contribution in [0.15, 0.2) is 24.3 Å². The van der Waals surface area contributed by atoms with E-state index in [1.807, 2.05) is 0 Å². The number of piperidine rings is 1. The molecule has 100 valence electrons. The molecule has 1 aliphatic rings. The Morgan fingerprint density at radius 3 is 2.50 bits per heavy atom. The van der Waals surface area contributed by atoms with Crippen LogP contribution < -0.4 is 10.1 Å². The lowest BCUT2D eigenvalue weighted by molar-refractivity contribution is 0.218. The Kier molecular flexibility index (Phi) is 4.28. The maximum atomic E-state index is 5.87. The first-order valence-electron chi connectivity index (χ1n) is 7.00. The average Bonchev–Trinajstić information content (AvgIpc) is 2.37. The van der Waals surface area contributed by atoms with Crippen molar-refractivity contribution < 1.29 is 4.74 Å². The van der Waals surface area contributed by atoms with Gasteiger partial charge in [-0.25, -0.2) is 0 Å². The first-order valence-corrected chi connectivity index (χ1v) is 7.00. The van der Waals surface area contributed by atoms with E-state index in [1.165, 1.54) is 18.4 Å². The van der Waals surface area contributed by atoms with Gasteiger partial charge >= 0.3 is 0 Å². The number of benzene rings is 1. The summed E-state index contributed by atoms with van der Waals surface area (Å²) in [5, 5.41) is 3.42. The minimum Gasteiger partial charge on any atom is -0.493 e. The van der Waals surface area contributed by atoms with Gasteiger partial charge in [0.15, 0.2) is 0 Å². The average molecular weight is 247 g/mol. The van der Waals surface area contributed by atoms with Gasteiger partial charge in [-0.3, -0.25) is 0 Å². The van der Waals surface area contributed by atoms with Gasteiger partial charge in [-0.05, 0) is 42.5 Å². The number of hydrogen-bond acceptors (Lipinski definition) is 2. The Labute approximate surface area is 111 Å². The summed E-state index contributed by atoms with van der Waals surface area (Å²) in [6.45, 7) is 9.79. The van der Waals surface area contributed by atoms with Crippen LogP contribution in [0.4, 0.5) is 0 Å². The summed E-state index contributed by atoms with van der Waals surface area (Å²) in [6, 6.07) is 8.54. The van der Waals surface area contributed by atoms with Gasteiger partial charge in [0.1, 0.15) is 5.75 Å². The van der Waals surface area contributed by atoms with Gasteiger partial charge in [-0.15, -0.1) is 0 Å². The summed E-state index contributed by atoms with van der Waals surface area (Å²) < 4.78 is 5.87. The van der Waals surface area contributed by atoms with Crippen molar-refractivity contribution in [3.8, 4) is 5.75 Å². The van der Waals surface area contributed by atoms with Crippen molar-refractivity contribution in [1.29, 1.82) is 0 Å². The maximum absolute atomic E-state index is 5.87. The third kappa shape index (κ3) is 3.74. The van der Waals surface area contributed by atoms with E-state index < -0.39 is 0 Å². The third-order valence-corrected chi connectivity index (χ3v) is 3.60. The number of hydrogen-bond donors (Lipinski definition) is 1. The molecule has 2 rings (SSSR count). The number of rotatable bonds is 3. The van der Waals surface area contributed by atoms with Crippen LogP contribution in [-0.4, -0.2) is 19.7 Å². The van der Waals surface area contributed by atoms with Crippen LogP contribution in [0.2, 0.25) is 0 Å². The zero-order valence-electron chi connectivity index (χ0n) is 11.8. The highest BCUT2D eigenvalue weighted by Crippen LogP contribution is 2.24. The molecule has 1 aromatic rings. The monoisotopic (exact) mass is 247 g/mol.